The number of ether oxygens (including phenoxy) is 1. The van der Waals surface area contributed by atoms with Gasteiger partial charge in [-0.05, 0) is 36.2 Å². The van der Waals surface area contributed by atoms with Gasteiger partial charge < -0.3 is 15.4 Å². The van der Waals surface area contributed by atoms with Crippen LogP contribution in [0.1, 0.15) is 30.0 Å². The van der Waals surface area contributed by atoms with Gasteiger partial charge in [-0.15, -0.1) is 0 Å². The number of methoxy groups -OCH3 is 1. The predicted octanol–water partition coefficient (Wildman–Crippen LogP) is 3.08. The minimum absolute atomic E-state index is 0.0648. The molecule has 0 aromatic heterocycles. The third-order valence-electron chi connectivity index (χ3n) is 4.45. The molecule has 1 aliphatic carbocycles. The van der Waals surface area contributed by atoms with Crippen LogP contribution < -0.4 is 10.6 Å². The molecule has 0 amide bonds. The Morgan fingerprint density at radius 1 is 1.48 bits per heavy atom. The van der Waals surface area contributed by atoms with Crippen molar-refractivity contribution in [2.24, 2.45) is 0 Å². The largest absolute Gasteiger partial charge is 0.469 e. The molecule has 0 saturated heterocycles. The van der Waals surface area contributed by atoms with Crippen LogP contribution in [-0.4, -0.2) is 30.3 Å². The van der Waals surface area contributed by atoms with Crippen LogP contribution >= 0.6 is 12.2 Å². The van der Waals surface area contributed by atoms with Gasteiger partial charge in [0.25, 0.3) is 0 Å². The molecule has 1 unspecified atom stereocenters. The molecule has 1 heterocycles. The molecule has 0 saturated carbocycles. The van der Waals surface area contributed by atoms with E-state index in [9.17, 15) is 4.79 Å². The Balaban J connectivity index is 1.80. The molecule has 0 spiro atoms. The number of rotatable bonds is 4. The second-order valence-electron chi connectivity index (χ2n) is 6.09. The van der Waals surface area contributed by atoms with E-state index in [2.05, 4.69) is 16.7 Å². The van der Waals surface area contributed by atoms with Crippen molar-refractivity contribution in [1.82, 2.24) is 5.32 Å². The number of hydrogen-bond acceptors (Lipinski definition) is 5. The summed E-state index contributed by atoms with van der Waals surface area (Å²) in [4.78, 5) is 12.4. The standard InChI is InChI=1S/C19H21N3O2S/c1-24-18(23)11-16-15-10-13(7-6-12(15)8-9-21-16)22-19(20)14-4-2-3-5-17(14)25/h2-4,6-7,10,16,21H,5,8-9,11H2,1H3,(H2,20,22). The summed E-state index contributed by atoms with van der Waals surface area (Å²) in [6.07, 6.45) is 7.68. The maximum absolute atomic E-state index is 11.7. The number of allylic oxidation sites excluding steroid dienone is 3. The summed E-state index contributed by atoms with van der Waals surface area (Å²) in [5.41, 5.74) is 3.87. The molecule has 130 valence electrons. The predicted molar refractivity (Wildman–Crippen MR) is 103 cm³/mol. The quantitative estimate of drug-likeness (QED) is 0.335. The summed E-state index contributed by atoms with van der Waals surface area (Å²) in [5, 5.41) is 14.8. The molecule has 3 N–H and O–H groups in total. The van der Waals surface area contributed by atoms with E-state index in [1.165, 1.54) is 12.7 Å². The first-order valence-corrected chi connectivity index (χ1v) is 8.68. The minimum Gasteiger partial charge on any atom is -0.469 e. The molecular weight excluding hydrogens is 334 g/mol. The number of hydrogen-bond donors (Lipinski definition) is 3. The Bertz CT molecular complexity index is 783. The SMILES string of the molecule is COC(=O)CC1NCCc2ccc(NC(=N)C3=CC=CCC3=S)cc21. The van der Waals surface area contributed by atoms with Crippen LogP contribution in [0.15, 0.2) is 42.0 Å². The lowest BCUT2D eigenvalue weighted by molar-refractivity contribution is -0.141. The number of fused-ring (bicyclic) bond motifs is 1. The third-order valence-corrected chi connectivity index (χ3v) is 4.83. The van der Waals surface area contributed by atoms with Crippen LogP contribution in [0.3, 0.4) is 0 Å². The van der Waals surface area contributed by atoms with Gasteiger partial charge in [0, 0.05) is 28.6 Å². The fraction of sp³-hybridized carbons (Fsp3) is 0.316. The Morgan fingerprint density at radius 2 is 2.32 bits per heavy atom. The zero-order valence-electron chi connectivity index (χ0n) is 14.1. The summed E-state index contributed by atoms with van der Waals surface area (Å²) in [7, 11) is 1.40. The van der Waals surface area contributed by atoms with Gasteiger partial charge in [-0.25, -0.2) is 0 Å². The Kier molecular flexibility index (Phi) is 5.40. The molecule has 0 bridgehead atoms. The van der Waals surface area contributed by atoms with Gasteiger partial charge in [0.15, 0.2) is 0 Å². The minimum atomic E-state index is -0.235. The highest BCUT2D eigenvalue weighted by Gasteiger charge is 2.23. The van der Waals surface area contributed by atoms with Crippen molar-refractivity contribution < 1.29 is 9.53 Å². The lowest BCUT2D eigenvalue weighted by Crippen LogP contribution is -2.31. The molecule has 3 rings (SSSR count). The summed E-state index contributed by atoms with van der Waals surface area (Å²) in [5.74, 6) is 0.0588. The number of nitrogens with one attached hydrogen (secondary N) is 3. The van der Waals surface area contributed by atoms with Gasteiger partial charge in [-0.3, -0.25) is 10.2 Å². The first-order valence-electron chi connectivity index (χ1n) is 8.27. The van der Waals surface area contributed by atoms with Crippen molar-refractivity contribution >= 4 is 34.6 Å². The molecule has 1 aromatic rings. The number of esters is 1. The van der Waals surface area contributed by atoms with E-state index in [1.807, 2.05) is 30.4 Å². The number of anilines is 1. The molecule has 6 heteroatoms. The molecule has 2 aliphatic rings. The molecule has 0 radical (unpaired) electrons. The van der Waals surface area contributed by atoms with Gasteiger partial charge in [0.2, 0.25) is 0 Å². The molecular formula is C19H21N3O2S. The van der Waals surface area contributed by atoms with Gasteiger partial charge in [0.1, 0.15) is 5.84 Å². The van der Waals surface area contributed by atoms with Crippen LogP contribution in [0.2, 0.25) is 0 Å². The van der Waals surface area contributed by atoms with E-state index >= 15 is 0 Å². The fourth-order valence-electron chi connectivity index (χ4n) is 3.12. The molecule has 25 heavy (non-hydrogen) atoms. The lowest BCUT2D eigenvalue weighted by atomic mass is 9.92. The van der Waals surface area contributed by atoms with Crippen molar-refractivity contribution in [2.45, 2.75) is 25.3 Å². The highest BCUT2D eigenvalue weighted by molar-refractivity contribution is 7.81. The smallest absolute Gasteiger partial charge is 0.307 e. The van der Waals surface area contributed by atoms with Gasteiger partial charge in [-0.1, -0.05) is 36.5 Å². The van der Waals surface area contributed by atoms with Crippen molar-refractivity contribution in [1.29, 1.82) is 5.41 Å². The molecule has 1 aromatic carbocycles. The van der Waals surface area contributed by atoms with Crippen LogP contribution in [0, 0.1) is 5.41 Å². The first kappa shape index (κ1) is 17.5. The zero-order valence-corrected chi connectivity index (χ0v) is 14.9. The molecule has 0 fully saturated rings. The van der Waals surface area contributed by atoms with Crippen molar-refractivity contribution in [2.75, 3.05) is 19.0 Å². The summed E-state index contributed by atoms with van der Waals surface area (Å²) < 4.78 is 4.80. The second kappa shape index (κ2) is 7.72. The Morgan fingerprint density at radius 3 is 3.08 bits per heavy atom. The average molecular weight is 355 g/mol. The normalized spacial score (nSPS) is 19.0. The van der Waals surface area contributed by atoms with E-state index in [4.69, 9.17) is 22.4 Å². The van der Waals surface area contributed by atoms with Crippen LogP contribution in [0.5, 0.6) is 0 Å². The number of carbonyl (C=O) groups is 1. The van der Waals surface area contributed by atoms with Crippen molar-refractivity contribution in [3.05, 3.63) is 53.1 Å². The summed E-state index contributed by atoms with van der Waals surface area (Å²) >= 11 is 5.33. The Labute approximate surface area is 152 Å². The van der Waals surface area contributed by atoms with Crippen molar-refractivity contribution in [3.8, 4) is 0 Å². The van der Waals surface area contributed by atoms with Gasteiger partial charge in [0.05, 0.1) is 13.5 Å². The van der Waals surface area contributed by atoms with E-state index < -0.39 is 0 Å². The van der Waals surface area contributed by atoms with Crippen LogP contribution in [-0.2, 0) is 16.0 Å². The summed E-state index contributed by atoms with van der Waals surface area (Å²) in [6, 6.07) is 5.97. The Hall–Kier alpha value is -2.31. The fourth-order valence-corrected chi connectivity index (χ4v) is 3.39. The number of carbonyl (C=O) groups excluding carboxylic acids is 1. The number of amidine groups is 1. The van der Waals surface area contributed by atoms with Crippen LogP contribution in [0.4, 0.5) is 5.69 Å². The lowest BCUT2D eigenvalue weighted by Gasteiger charge is -2.27. The monoisotopic (exact) mass is 355 g/mol. The van der Waals surface area contributed by atoms with E-state index in [1.54, 1.807) is 0 Å². The van der Waals surface area contributed by atoms with E-state index in [0.717, 1.165) is 34.7 Å². The topological polar surface area (TPSA) is 74.2 Å². The average Bonchev–Trinajstić information content (AvgIpc) is 2.62. The molecule has 1 atom stereocenters. The number of thiocarbonyl (C=S) groups is 1. The van der Waals surface area contributed by atoms with Crippen molar-refractivity contribution in [3.63, 3.8) is 0 Å². The third kappa shape index (κ3) is 4.03. The van der Waals surface area contributed by atoms with Crippen LogP contribution in [0.25, 0.3) is 0 Å². The molecule has 1 aliphatic heterocycles. The highest BCUT2D eigenvalue weighted by Crippen LogP contribution is 2.29. The van der Waals surface area contributed by atoms with Gasteiger partial charge >= 0.3 is 5.97 Å². The van der Waals surface area contributed by atoms with E-state index in [-0.39, 0.29) is 12.0 Å². The first-order chi connectivity index (χ1) is 12.1. The summed E-state index contributed by atoms with van der Waals surface area (Å²) in [6.45, 7) is 0.838. The maximum Gasteiger partial charge on any atom is 0.307 e. The molecule has 5 nitrogen and oxygen atoms in total. The van der Waals surface area contributed by atoms with Gasteiger partial charge in [-0.2, -0.15) is 0 Å². The second-order valence-corrected chi connectivity index (χ2v) is 6.58. The zero-order chi connectivity index (χ0) is 17.8. The highest BCUT2D eigenvalue weighted by atomic mass is 32.1. The maximum atomic E-state index is 11.7. The number of benzene rings is 1. The van der Waals surface area contributed by atoms with E-state index in [0.29, 0.717) is 18.7 Å².